The Morgan fingerprint density at radius 3 is 2.95 bits per heavy atom. The van der Waals surface area contributed by atoms with Crippen molar-refractivity contribution in [1.82, 2.24) is 9.38 Å². The molecule has 2 heterocycles. The van der Waals surface area contributed by atoms with Gasteiger partial charge in [-0.15, -0.1) is 11.8 Å². The average Bonchev–Trinajstić information content (AvgIpc) is 2.90. The summed E-state index contributed by atoms with van der Waals surface area (Å²) >= 11 is 1.58. The van der Waals surface area contributed by atoms with Crippen LogP contribution >= 0.6 is 11.8 Å². The molecule has 0 spiro atoms. The molecule has 4 heteroatoms. The largest absolute Gasteiger partial charge is 0.300 e. The minimum atomic E-state index is 0.713. The van der Waals surface area contributed by atoms with Crippen molar-refractivity contribution >= 4 is 17.4 Å². The molecule has 1 aromatic carbocycles. The van der Waals surface area contributed by atoms with Gasteiger partial charge in [0, 0.05) is 16.7 Å². The number of hydrogen-bond donors (Lipinski definition) is 0. The summed E-state index contributed by atoms with van der Waals surface area (Å²) in [4.78, 5) is 5.38. The van der Waals surface area contributed by atoms with Gasteiger partial charge in [-0.3, -0.25) is 4.40 Å². The number of fused-ring (bicyclic) bond motifs is 1. The van der Waals surface area contributed by atoms with Crippen molar-refractivity contribution in [1.29, 1.82) is 5.26 Å². The van der Waals surface area contributed by atoms with E-state index in [1.165, 1.54) is 0 Å². The maximum absolute atomic E-state index is 9.06. The van der Waals surface area contributed by atoms with Gasteiger partial charge in [-0.1, -0.05) is 12.1 Å². The number of aromatic nitrogens is 2. The van der Waals surface area contributed by atoms with Crippen molar-refractivity contribution in [2.24, 2.45) is 0 Å². The summed E-state index contributed by atoms with van der Waals surface area (Å²) in [5.41, 5.74) is 3.75. The molecule has 0 amide bonds. The van der Waals surface area contributed by atoms with Crippen molar-refractivity contribution in [2.75, 3.05) is 6.26 Å². The molecule has 0 saturated carbocycles. The van der Waals surface area contributed by atoms with E-state index in [9.17, 15) is 0 Å². The van der Waals surface area contributed by atoms with Gasteiger partial charge in [-0.25, -0.2) is 4.98 Å². The highest BCUT2D eigenvalue weighted by Crippen LogP contribution is 2.27. The summed E-state index contributed by atoms with van der Waals surface area (Å²) in [5, 5.41) is 9.06. The summed E-state index contributed by atoms with van der Waals surface area (Å²) < 4.78 is 2.05. The van der Waals surface area contributed by atoms with E-state index < -0.39 is 0 Å². The lowest BCUT2D eigenvalue weighted by molar-refractivity contribution is 1.19. The summed E-state index contributed by atoms with van der Waals surface area (Å²) in [5.74, 6) is 0. The molecular formula is C15H11N3S. The van der Waals surface area contributed by atoms with Gasteiger partial charge >= 0.3 is 0 Å². The molecule has 19 heavy (non-hydrogen) atoms. The lowest BCUT2D eigenvalue weighted by atomic mass is 10.1. The van der Waals surface area contributed by atoms with E-state index in [0.29, 0.717) is 5.56 Å². The van der Waals surface area contributed by atoms with Gasteiger partial charge in [-0.05, 0) is 30.5 Å². The first-order valence-corrected chi connectivity index (χ1v) is 7.06. The Labute approximate surface area is 115 Å². The van der Waals surface area contributed by atoms with Crippen molar-refractivity contribution < 1.29 is 0 Å². The molecule has 0 aliphatic carbocycles. The SMILES string of the molecule is CSc1cc(-c2cnc3ccccn23)ccc1C#N. The Balaban J connectivity index is 2.20. The molecular weight excluding hydrogens is 254 g/mol. The minimum absolute atomic E-state index is 0.713. The van der Waals surface area contributed by atoms with Crippen LogP contribution in [0.4, 0.5) is 0 Å². The number of imidazole rings is 1. The van der Waals surface area contributed by atoms with Crippen LogP contribution in [0, 0.1) is 11.3 Å². The Morgan fingerprint density at radius 1 is 1.26 bits per heavy atom. The minimum Gasteiger partial charge on any atom is -0.300 e. The monoisotopic (exact) mass is 265 g/mol. The van der Waals surface area contributed by atoms with Gasteiger partial charge in [0.25, 0.3) is 0 Å². The van der Waals surface area contributed by atoms with E-state index >= 15 is 0 Å². The molecule has 0 bridgehead atoms. The van der Waals surface area contributed by atoms with Crippen LogP contribution in [0.2, 0.25) is 0 Å². The van der Waals surface area contributed by atoms with Crippen molar-refractivity contribution in [3.8, 4) is 17.3 Å². The third-order valence-corrected chi connectivity index (χ3v) is 3.81. The van der Waals surface area contributed by atoms with Crippen molar-refractivity contribution in [2.45, 2.75) is 4.90 Å². The zero-order chi connectivity index (χ0) is 13.2. The number of benzene rings is 1. The highest BCUT2D eigenvalue weighted by Gasteiger charge is 2.08. The fourth-order valence-electron chi connectivity index (χ4n) is 2.09. The van der Waals surface area contributed by atoms with Crippen molar-refractivity contribution in [3.05, 3.63) is 54.4 Å². The second-order valence-electron chi connectivity index (χ2n) is 4.10. The first kappa shape index (κ1) is 11.8. The van der Waals surface area contributed by atoms with Gasteiger partial charge < -0.3 is 0 Å². The van der Waals surface area contributed by atoms with Gasteiger partial charge in [0.15, 0.2) is 0 Å². The van der Waals surface area contributed by atoms with Crippen LogP contribution in [0.3, 0.4) is 0 Å². The first-order valence-electron chi connectivity index (χ1n) is 5.84. The topological polar surface area (TPSA) is 41.1 Å². The molecule has 2 aromatic heterocycles. The van der Waals surface area contributed by atoms with E-state index in [-0.39, 0.29) is 0 Å². The molecule has 0 fully saturated rings. The lowest BCUT2D eigenvalue weighted by Gasteiger charge is -2.05. The Kier molecular flexibility index (Phi) is 2.98. The van der Waals surface area contributed by atoms with Crippen LogP contribution in [0.25, 0.3) is 16.9 Å². The number of nitrogens with zero attached hydrogens (tertiary/aromatic N) is 3. The van der Waals surface area contributed by atoms with Crippen LogP contribution in [0.5, 0.6) is 0 Å². The van der Waals surface area contributed by atoms with Crippen LogP contribution < -0.4 is 0 Å². The first-order chi connectivity index (χ1) is 9.33. The average molecular weight is 265 g/mol. The molecule has 0 N–H and O–H groups in total. The maximum atomic E-state index is 9.06. The molecule has 0 aliphatic rings. The molecule has 3 aromatic rings. The number of pyridine rings is 1. The smallest absolute Gasteiger partial charge is 0.137 e. The molecule has 3 nitrogen and oxygen atoms in total. The third-order valence-electron chi connectivity index (χ3n) is 3.03. The highest BCUT2D eigenvalue weighted by atomic mass is 32.2. The normalized spacial score (nSPS) is 10.5. The van der Waals surface area contributed by atoms with Crippen LogP contribution in [0.15, 0.2) is 53.7 Å². The zero-order valence-corrected chi connectivity index (χ0v) is 11.2. The second kappa shape index (κ2) is 4.79. The molecule has 3 rings (SSSR count). The second-order valence-corrected chi connectivity index (χ2v) is 4.95. The highest BCUT2D eigenvalue weighted by molar-refractivity contribution is 7.98. The summed E-state index contributed by atoms with van der Waals surface area (Å²) in [7, 11) is 0. The van der Waals surface area contributed by atoms with E-state index in [1.54, 1.807) is 11.8 Å². The molecule has 0 atom stereocenters. The van der Waals surface area contributed by atoms with Crippen LogP contribution in [-0.4, -0.2) is 15.6 Å². The van der Waals surface area contributed by atoms with Gasteiger partial charge in [0.05, 0.1) is 17.5 Å². The Hall–Kier alpha value is -2.25. The predicted molar refractivity (Wildman–Crippen MR) is 77.1 cm³/mol. The van der Waals surface area contributed by atoms with Crippen molar-refractivity contribution in [3.63, 3.8) is 0 Å². The Bertz CT molecular complexity index is 783. The van der Waals surface area contributed by atoms with E-state index in [2.05, 4.69) is 11.1 Å². The molecule has 0 aliphatic heterocycles. The number of hydrogen-bond acceptors (Lipinski definition) is 3. The van der Waals surface area contributed by atoms with E-state index in [4.69, 9.17) is 5.26 Å². The standard InChI is InChI=1S/C15H11N3S/c1-19-14-8-11(5-6-12(14)9-16)13-10-17-15-4-2-3-7-18(13)15/h2-8,10H,1H3. The van der Waals surface area contributed by atoms with Crippen LogP contribution in [-0.2, 0) is 0 Å². The number of nitriles is 1. The summed E-state index contributed by atoms with van der Waals surface area (Å²) in [6, 6.07) is 14.0. The van der Waals surface area contributed by atoms with E-state index in [0.717, 1.165) is 21.8 Å². The fraction of sp³-hybridized carbons (Fsp3) is 0.0667. The molecule has 0 radical (unpaired) electrons. The quantitative estimate of drug-likeness (QED) is 0.665. The van der Waals surface area contributed by atoms with Gasteiger partial charge in [0.1, 0.15) is 11.7 Å². The summed E-state index contributed by atoms with van der Waals surface area (Å²) in [6.45, 7) is 0. The molecule has 0 unspecified atom stereocenters. The predicted octanol–water partition coefficient (Wildman–Crippen LogP) is 3.59. The lowest BCUT2D eigenvalue weighted by Crippen LogP contribution is -1.88. The Morgan fingerprint density at radius 2 is 2.16 bits per heavy atom. The number of thioether (sulfide) groups is 1. The molecule has 0 saturated heterocycles. The van der Waals surface area contributed by atoms with Gasteiger partial charge in [-0.2, -0.15) is 5.26 Å². The zero-order valence-electron chi connectivity index (χ0n) is 10.4. The summed E-state index contributed by atoms with van der Waals surface area (Å²) in [6.07, 6.45) is 5.84. The van der Waals surface area contributed by atoms with Crippen LogP contribution in [0.1, 0.15) is 5.56 Å². The van der Waals surface area contributed by atoms with E-state index in [1.807, 2.05) is 59.4 Å². The fourth-order valence-corrected chi connectivity index (χ4v) is 2.67. The molecule has 92 valence electrons. The van der Waals surface area contributed by atoms with Gasteiger partial charge in [0.2, 0.25) is 0 Å². The third kappa shape index (κ3) is 1.98. The number of rotatable bonds is 2. The maximum Gasteiger partial charge on any atom is 0.137 e.